The van der Waals surface area contributed by atoms with Crippen LogP contribution in [0.5, 0.6) is 5.75 Å². The molecule has 0 aliphatic rings. The maximum absolute atomic E-state index is 13.8. The quantitative estimate of drug-likeness (QED) is 0.501. The summed E-state index contributed by atoms with van der Waals surface area (Å²) in [6, 6.07) is 2.87. The molecule has 0 amide bonds. The Morgan fingerprint density at radius 2 is 1.82 bits per heavy atom. The van der Waals surface area contributed by atoms with E-state index in [1.165, 1.54) is 12.1 Å². The average Bonchev–Trinajstić information content (AvgIpc) is 2.12. The third-order valence-corrected chi connectivity index (χ3v) is 8.69. The van der Waals surface area contributed by atoms with Crippen LogP contribution in [0.1, 0.15) is 20.8 Å². The number of hydrogen-bond donors (Lipinski definition) is 0. The van der Waals surface area contributed by atoms with Gasteiger partial charge in [0.15, 0.2) is 5.82 Å². The van der Waals surface area contributed by atoms with E-state index in [0.717, 1.165) is 0 Å². The van der Waals surface area contributed by atoms with Crippen LogP contribution < -0.4 is 4.43 Å². The van der Waals surface area contributed by atoms with Crippen LogP contribution in [0.15, 0.2) is 16.6 Å². The molecule has 0 fully saturated rings. The Balaban J connectivity index is 3.08. The smallest absolute Gasteiger partial charge is 0.250 e. The van der Waals surface area contributed by atoms with E-state index in [9.17, 15) is 4.39 Å². The topological polar surface area (TPSA) is 9.23 Å². The first-order valence-electron chi connectivity index (χ1n) is 5.38. The lowest BCUT2D eigenvalue weighted by atomic mass is 10.2. The highest BCUT2D eigenvalue weighted by molar-refractivity contribution is 9.10. The van der Waals surface area contributed by atoms with Gasteiger partial charge in [-0.2, -0.15) is 0 Å². The van der Waals surface area contributed by atoms with Crippen molar-refractivity contribution in [3.8, 4) is 5.75 Å². The zero-order valence-electron chi connectivity index (χ0n) is 10.7. The van der Waals surface area contributed by atoms with Gasteiger partial charge in [0.2, 0.25) is 0 Å². The normalized spacial score (nSPS) is 12.7. The van der Waals surface area contributed by atoms with E-state index >= 15 is 0 Å². The lowest BCUT2D eigenvalue weighted by molar-refractivity contribution is 0.457. The predicted octanol–water partition coefficient (Wildman–Crippen LogP) is 5.63. The van der Waals surface area contributed by atoms with E-state index in [4.69, 9.17) is 16.0 Å². The van der Waals surface area contributed by atoms with Gasteiger partial charge in [-0.3, -0.25) is 0 Å². The van der Waals surface area contributed by atoms with Crippen molar-refractivity contribution in [1.82, 2.24) is 0 Å². The van der Waals surface area contributed by atoms with E-state index in [2.05, 4.69) is 49.8 Å². The molecule has 0 aliphatic heterocycles. The van der Waals surface area contributed by atoms with Crippen LogP contribution >= 0.6 is 27.5 Å². The van der Waals surface area contributed by atoms with Crippen LogP contribution in [-0.4, -0.2) is 8.32 Å². The Morgan fingerprint density at radius 3 is 2.29 bits per heavy atom. The fourth-order valence-electron chi connectivity index (χ4n) is 1.01. The van der Waals surface area contributed by atoms with Crippen molar-refractivity contribution in [2.45, 2.75) is 38.9 Å². The van der Waals surface area contributed by atoms with Crippen molar-refractivity contribution in [3.05, 3.63) is 27.4 Å². The standard InChI is InChI=1S/C12H17BrClFOSi/c1-12(2,3)17(4,5)16-11-7-9(14)8(13)6-10(11)15/h6-7H,1-5H3. The lowest BCUT2D eigenvalue weighted by Crippen LogP contribution is -2.44. The molecule has 0 aromatic heterocycles. The van der Waals surface area contributed by atoms with Crippen molar-refractivity contribution in [1.29, 1.82) is 0 Å². The molecule has 0 spiro atoms. The highest BCUT2D eigenvalue weighted by atomic mass is 79.9. The van der Waals surface area contributed by atoms with Gasteiger partial charge in [-0.25, -0.2) is 4.39 Å². The first-order valence-corrected chi connectivity index (χ1v) is 9.46. The van der Waals surface area contributed by atoms with Crippen molar-refractivity contribution >= 4 is 35.8 Å². The highest BCUT2D eigenvalue weighted by Gasteiger charge is 2.39. The van der Waals surface area contributed by atoms with Crippen molar-refractivity contribution in [2.75, 3.05) is 0 Å². The fourth-order valence-corrected chi connectivity index (χ4v) is 2.49. The molecule has 0 radical (unpaired) electrons. The van der Waals surface area contributed by atoms with Crippen molar-refractivity contribution in [3.63, 3.8) is 0 Å². The lowest BCUT2D eigenvalue weighted by Gasteiger charge is -2.36. The van der Waals surface area contributed by atoms with Gasteiger partial charge < -0.3 is 4.43 Å². The van der Waals surface area contributed by atoms with Crippen molar-refractivity contribution < 1.29 is 8.82 Å². The molecule has 1 rings (SSSR count). The summed E-state index contributed by atoms with van der Waals surface area (Å²) in [7, 11) is -2.03. The number of rotatable bonds is 2. The summed E-state index contributed by atoms with van der Waals surface area (Å²) in [6.45, 7) is 10.5. The minimum Gasteiger partial charge on any atom is -0.542 e. The van der Waals surface area contributed by atoms with Gasteiger partial charge in [0.05, 0.1) is 5.02 Å². The Bertz CT molecular complexity index is 429. The van der Waals surface area contributed by atoms with Crippen LogP contribution in [0.2, 0.25) is 23.2 Å². The molecule has 1 nitrogen and oxygen atoms in total. The molecule has 0 saturated carbocycles. The van der Waals surface area contributed by atoms with E-state index in [0.29, 0.717) is 9.50 Å². The van der Waals surface area contributed by atoms with Gasteiger partial charge in [-0.15, -0.1) is 0 Å². The molecule has 1 aromatic carbocycles. The molecule has 0 N–H and O–H groups in total. The second-order valence-electron chi connectivity index (χ2n) is 5.56. The number of halogens is 3. The summed E-state index contributed by atoms with van der Waals surface area (Å²) in [6.07, 6.45) is 0. The molecule has 5 heteroatoms. The Hall–Kier alpha value is -0.0631. The molecule has 96 valence electrons. The molecule has 0 saturated heterocycles. The SMILES string of the molecule is CC(C)(C)[Si](C)(C)Oc1cc(Cl)c(Br)cc1F. The molecule has 0 heterocycles. The molecule has 1 aromatic rings. The predicted molar refractivity (Wildman–Crippen MR) is 76.9 cm³/mol. The fraction of sp³-hybridized carbons (Fsp3) is 0.500. The zero-order chi connectivity index (χ0) is 13.4. The number of benzene rings is 1. The summed E-state index contributed by atoms with van der Waals surface area (Å²) in [5, 5.41) is 0.485. The highest BCUT2D eigenvalue weighted by Crippen LogP contribution is 2.39. The molecule has 0 unspecified atom stereocenters. The Labute approximate surface area is 117 Å². The van der Waals surface area contributed by atoms with Crippen LogP contribution in [0.3, 0.4) is 0 Å². The second-order valence-corrected chi connectivity index (χ2v) is 11.5. The second kappa shape index (κ2) is 4.90. The van der Waals surface area contributed by atoms with Gasteiger partial charge in [-0.05, 0) is 40.1 Å². The van der Waals surface area contributed by atoms with E-state index in [1.807, 2.05) is 0 Å². The van der Waals surface area contributed by atoms with Gasteiger partial charge in [0, 0.05) is 10.5 Å². The first-order chi connectivity index (χ1) is 7.54. The van der Waals surface area contributed by atoms with Crippen LogP contribution in [0, 0.1) is 5.82 Å². The molecular weight excluding hydrogens is 323 g/mol. The number of hydrogen-bond acceptors (Lipinski definition) is 1. The van der Waals surface area contributed by atoms with Crippen LogP contribution in [0.4, 0.5) is 4.39 Å². The molecule has 0 atom stereocenters. The third-order valence-electron chi connectivity index (χ3n) is 3.15. The Kier molecular flexibility index (Phi) is 4.32. The third kappa shape index (κ3) is 3.45. The monoisotopic (exact) mass is 338 g/mol. The van der Waals surface area contributed by atoms with Gasteiger partial charge in [0.1, 0.15) is 5.75 Å². The summed E-state index contributed by atoms with van der Waals surface area (Å²) >= 11 is 9.13. The largest absolute Gasteiger partial charge is 0.542 e. The summed E-state index contributed by atoms with van der Waals surface area (Å²) in [5.74, 6) is -0.143. The summed E-state index contributed by atoms with van der Waals surface area (Å²) in [5.41, 5.74) is 0. The average molecular weight is 340 g/mol. The molecule has 0 bridgehead atoms. The molecular formula is C12H17BrClFOSi. The molecule has 17 heavy (non-hydrogen) atoms. The zero-order valence-corrected chi connectivity index (χ0v) is 14.0. The maximum Gasteiger partial charge on any atom is 0.250 e. The van der Waals surface area contributed by atoms with Gasteiger partial charge >= 0.3 is 0 Å². The van der Waals surface area contributed by atoms with Crippen LogP contribution in [0.25, 0.3) is 0 Å². The minimum atomic E-state index is -2.03. The van der Waals surface area contributed by atoms with E-state index in [1.54, 1.807) is 0 Å². The Morgan fingerprint density at radius 1 is 1.29 bits per heavy atom. The minimum absolute atomic E-state index is 0.0268. The van der Waals surface area contributed by atoms with Gasteiger partial charge in [-0.1, -0.05) is 32.4 Å². The van der Waals surface area contributed by atoms with Gasteiger partial charge in [0.25, 0.3) is 8.32 Å². The van der Waals surface area contributed by atoms with E-state index in [-0.39, 0.29) is 16.6 Å². The summed E-state index contributed by atoms with van der Waals surface area (Å²) in [4.78, 5) is 0. The first kappa shape index (κ1) is 15.0. The van der Waals surface area contributed by atoms with Crippen molar-refractivity contribution in [2.24, 2.45) is 0 Å². The maximum atomic E-state index is 13.8. The van der Waals surface area contributed by atoms with Crippen LogP contribution in [-0.2, 0) is 0 Å². The van der Waals surface area contributed by atoms with E-state index < -0.39 is 8.32 Å². The molecule has 0 aliphatic carbocycles. The summed E-state index contributed by atoms with van der Waals surface area (Å²) < 4.78 is 20.2.